The Kier molecular flexibility index (Phi) is 5.16. The minimum absolute atomic E-state index is 0.0650. The number of amides is 1. The average molecular weight is 383 g/mol. The van der Waals surface area contributed by atoms with Gasteiger partial charge in [0.25, 0.3) is 5.89 Å². The third-order valence-electron chi connectivity index (χ3n) is 4.76. The number of nitrogens with zero attached hydrogens (tertiary/aromatic N) is 4. The Bertz CT molecular complexity index is 928. The summed E-state index contributed by atoms with van der Waals surface area (Å²) in [5.41, 5.74) is 1.50. The first-order valence-electron chi connectivity index (χ1n) is 8.97. The zero-order valence-corrected chi connectivity index (χ0v) is 15.5. The van der Waals surface area contributed by atoms with E-state index in [1.807, 2.05) is 47.4 Å². The molecule has 0 saturated carbocycles. The monoisotopic (exact) mass is 382 g/mol. The van der Waals surface area contributed by atoms with E-state index < -0.39 is 0 Å². The molecule has 0 N–H and O–H groups in total. The molecule has 1 aliphatic heterocycles. The standard InChI is InChI=1S/C20H19ClN4O2/c21-16-8-2-1-6-14(16)12-18(26)25-11-5-7-15(13-25)19-23-20(27-24-19)17-9-3-4-10-22-17/h1-4,6,8-10,15H,5,7,11-13H2. The highest BCUT2D eigenvalue weighted by Gasteiger charge is 2.28. The number of likely N-dealkylation sites (tertiary alicyclic amines) is 1. The maximum atomic E-state index is 12.7. The fourth-order valence-electron chi connectivity index (χ4n) is 3.32. The number of hydrogen-bond donors (Lipinski definition) is 0. The molecule has 2 aromatic heterocycles. The number of piperidine rings is 1. The molecule has 27 heavy (non-hydrogen) atoms. The number of hydrogen-bond acceptors (Lipinski definition) is 5. The van der Waals surface area contributed by atoms with Crippen LogP contribution in [0, 0.1) is 0 Å². The maximum Gasteiger partial charge on any atom is 0.276 e. The molecule has 1 amide bonds. The van der Waals surface area contributed by atoms with Crippen LogP contribution in [0.2, 0.25) is 5.02 Å². The summed E-state index contributed by atoms with van der Waals surface area (Å²) in [5, 5.41) is 4.75. The molecule has 3 aromatic rings. The first-order chi connectivity index (χ1) is 13.2. The molecule has 1 unspecified atom stereocenters. The van der Waals surface area contributed by atoms with Gasteiger partial charge in [-0.15, -0.1) is 0 Å². The smallest absolute Gasteiger partial charge is 0.276 e. The molecule has 3 heterocycles. The van der Waals surface area contributed by atoms with Gasteiger partial charge in [-0.3, -0.25) is 9.78 Å². The van der Waals surface area contributed by atoms with Crippen LogP contribution in [0.5, 0.6) is 0 Å². The van der Waals surface area contributed by atoms with Crippen LogP contribution in [0.4, 0.5) is 0 Å². The Hall–Kier alpha value is -2.73. The van der Waals surface area contributed by atoms with Crippen LogP contribution in [-0.4, -0.2) is 39.0 Å². The second-order valence-electron chi connectivity index (χ2n) is 6.62. The second-order valence-corrected chi connectivity index (χ2v) is 7.03. The lowest BCUT2D eigenvalue weighted by molar-refractivity contribution is -0.131. The first-order valence-corrected chi connectivity index (χ1v) is 9.34. The van der Waals surface area contributed by atoms with Crippen molar-refractivity contribution in [2.45, 2.75) is 25.2 Å². The average Bonchev–Trinajstić information content (AvgIpc) is 3.21. The molecule has 6 nitrogen and oxygen atoms in total. The van der Waals surface area contributed by atoms with Gasteiger partial charge in [-0.05, 0) is 36.6 Å². The Balaban J connectivity index is 1.45. The minimum atomic E-state index is 0.0650. The fraction of sp³-hybridized carbons (Fsp3) is 0.300. The molecule has 4 rings (SSSR count). The van der Waals surface area contributed by atoms with Gasteiger partial charge in [0.15, 0.2) is 5.82 Å². The molecular weight excluding hydrogens is 364 g/mol. The van der Waals surface area contributed by atoms with E-state index in [2.05, 4.69) is 15.1 Å². The van der Waals surface area contributed by atoms with Crippen molar-refractivity contribution in [2.24, 2.45) is 0 Å². The van der Waals surface area contributed by atoms with E-state index in [1.165, 1.54) is 0 Å². The summed E-state index contributed by atoms with van der Waals surface area (Å²) in [6, 6.07) is 13.0. The van der Waals surface area contributed by atoms with Crippen LogP contribution in [0.15, 0.2) is 53.2 Å². The second kappa shape index (κ2) is 7.88. The summed E-state index contributed by atoms with van der Waals surface area (Å²) in [4.78, 5) is 23.3. The zero-order valence-electron chi connectivity index (χ0n) is 14.7. The number of pyridine rings is 1. The largest absolute Gasteiger partial charge is 0.342 e. The first kappa shape index (κ1) is 17.7. The van der Waals surface area contributed by atoms with Crippen molar-refractivity contribution in [1.82, 2.24) is 20.0 Å². The van der Waals surface area contributed by atoms with E-state index in [-0.39, 0.29) is 11.8 Å². The van der Waals surface area contributed by atoms with Gasteiger partial charge in [-0.1, -0.05) is 41.0 Å². The van der Waals surface area contributed by atoms with E-state index in [1.54, 1.807) is 6.20 Å². The van der Waals surface area contributed by atoms with Gasteiger partial charge in [0.05, 0.1) is 6.42 Å². The molecule has 1 saturated heterocycles. The van der Waals surface area contributed by atoms with Gasteiger partial charge in [-0.25, -0.2) is 0 Å². The number of carbonyl (C=O) groups excluding carboxylic acids is 1. The molecule has 7 heteroatoms. The van der Waals surface area contributed by atoms with E-state index >= 15 is 0 Å². The van der Waals surface area contributed by atoms with Crippen molar-refractivity contribution in [3.05, 3.63) is 65.1 Å². The quantitative estimate of drug-likeness (QED) is 0.687. The van der Waals surface area contributed by atoms with E-state index in [0.29, 0.717) is 35.4 Å². The molecule has 0 radical (unpaired) electrons. The van der Waals surface area contributed by atoms with Crippen molar-refractivity contribution in [3.63, 3.8) is 0 Å². The topological polar surface area (TPSA) is 72.1 Å². The number of rotatable bonds is 4. The maximum absolute atomic E-state index is 12.7. The van der Waals surface area contributed by atoms with Crippen molar-refractivity contribution in [1.29, 1.82) is 0 Å². The summed E-state index contributed by atoms with van der Waals surface area (Å²) >= 11 is 6.18. The minimum Gasteiger partial charge on any atom is -0.342 e. The summed E-state index contributed by atoms with van der Waals surface area (Å²) in [6.45, 7) is 1.33. The van der Waals surface area contributed by atoms with Crippen LogP contribution < -0.4 is 0 Å². The molecular formula is C20H19ClN4O2. The molecule has 1 fully saturated rings. The highest BCUT2D eigenvalue weighted by molar-refractivity contribution is 6.31. The van der Waals surface area contributed by atoms with Crippen LogP contribution in [0.1, 0.15) is 30.1 Å². The third-order valence-corrected chi connectivity index (χ3v) is 5.13. The van der Waals surface area contributed by atoms with E-state index in [4.69, 9.17) is 16.1 Å². The molecule has 1 atom stereocenters. The molecule has 1 aliphatic rings. The van der Waals surface area contributed by atoms with E-state index in [9.17, 15) is 4.79 Å². The Labute approximate surface area is 162 Å². The van der Waals surface area contributed by atoms with Gasteiger partial charge in [0.1, 0.15) is 5.69 Å². The van der Waals surface area contributed by atoms with E-state index in [0.717, 1.165) is 24.9 Å². The Morgan fingerprint density at radius 2 is 2.07 bits per heavy atom. The number of halogens is 1. The number of aromatic nitrogens is 3. The van der Waals surface area contributed by atoms with Crippen molar-refractivity contribution < 1.29 is 9.32 Å². The van der Waals surface area contributed by atoms with Crippen molar-refractivity contribution in [3.8, 4) is 11.6 Å². The highest BCUT2D eigenvalue weighted by atomic mass is 35.5. The molecule has 0 spiro atoms. The number of carbonyl (C=O) groups is 1. The summed E-state index contributed by atoms with van der Waals surface area (Å²) in [5.74, 6) is 1.17. The summed E-state index contributed by atoms with van der Waals surface area (Å²) in [6.07, 6.45) is 3.83. The molecule has 0 bridgehead atoms. The predicted octanol–water partition coefficient (Wildman–Crippen LogP) is 3.73. The van der Waals surface area contributed by atoms with Crippen molar-refractivity contribution >= 4 is 17.5 Å². The normalized spacial score (nSPS) is 17.1. The van der Waals surface area contributed by atoms with Crippen LogP contribution in [-0.2, 0) is 11.2 Å². The predicted molar refractivity (Wildman–Crippen MR) is 101 cm³/mol. The molecule has 1 aromatic carbocycles. The van der Waals surface area contributed by atoms with Crippen LogP contribution >= 0.6 is 11.6 Å². The van der Waals surface area contributed by atoms with Gasteiger partial charge in [0, 0.05) is 30.2 Å². The summed E-state index contributed by atoms with van der Waals surface area (Å²) < 4.78 is 5.37. The van der Waals surface area contributed by atoms with Gasteiger partial charge in [-0.2, -0.15) is 4.98 Å². The lowest BCUT2D eigenvalue weighted by Crippen LogP contribution is -2.40. The SMILES string of the molecule is O=C(Cc1ccccc1Cl)N1CCCC(c2noc(-c3ccccn3)n2)C1. The van der Waals surface area contributed by atoms with Gasteiger partial charge in [0.2, 0.25) is 5.91 Å². The molecule has 138 valence electrons. The third kappa shape index (κ3) is 4.01. The zero-order chi connectivity index (χ0) is 18.6. The van der Waals surface area contributed by atoms with Crippen LogP contribution in [0.25, 0.3) is 11.6 Å². The van der Waals surface area contributed by atoms with Gasteiger partial charge >= 0.3 is 0 Å². The Morgan fingerprint density at radius 3 is 2.89 bits per heavy atom. The van der Waals surface area contributed by atoms with Crippen molar-refractivity contribution in [2.75, 3.05) is 13.1 Å². The molecule has 0 aliphatic carbocycles. The van der Waals surface area contributed by atoms with Crippen LogP contribution in [0.3, 0.4) is 0 Å². The number of benzene rings is 1. The summed E-state index contributed by atoms with van der Waals surface area (Å²) in [7, 11) is 0. The highest BCUT2D eigenvalue weighted by Crippen LogP contribution is 2.27. The lowest BCUT2D eigenvalue weighted by Gasteiger charge is -2.31. The fourth-order valence-corrected chi connectivity index (χ4v) is 3.53. The van der Waals surface area contributed by atoms with Gasteiger partial charge < -0.3 is 9.42 Å². The Morgan fingerprint density at radius 1 is 1.22 bits per heavy atom. The lowest BCUT2D eigenvalue weighted by atomic mass is 9.96.